The molecule has 32 heavy (non-hydrogen) atoms. The van der Waals surface area contributed by atoms with Crippen molar-refractivity contribution in [2.45, 2.75) is 32.7 Å². The Morgan fingerprint density at radius 1 is 0.969 bits per heavy atom. The van der Waals surface area contributed by atoms with Crippen LogP contribution in [0.25, 0.3) is 11.2 Å². The van der Waals surface area contributed by atoms with E-state index < -0.39 is 11.5 Å². The topological polar surface area (TPSA) is 101 Å². The monoisotopic (exact) mass is 434 g/mol. The summed E-state index contributed by atoms with van der Waals surface area (Å²) in [5.41, 5.74) is 1.24. The summed E-state index contributed by atoms with van der Waals surface area (Å²) in [6.45, 7) is 4.07. The first-order chi connectivity index (χ1) is 15.6. The fraction of sp³-hybridized carbons (Fsp3) is 0.391. The van der Waals surface area contributed by atoms with E-state index in [0.717, 1.165) is 18.5 Å². The van der Waals surface area contributed by atoms with Gasteiger partial charge < -0.3 is 9.80 Å². The van der Waals surface area contributed by atoms with Crippen LogP contribution >= 0.6 is 0 Å². The molecule has 0 atom stereocenters. The molecule has 9 nitrogen and oxygen atoms in total. The molecule has 0 N–H and O–H groups in total. The minimum Gasteiger partial charge on any atom is -0.339 e. The number of hydrogen-bond donors (Lipinski definition) is 0. The second kappa shape index (κ2) is 9.67. The minimum atomic E-state index is -0.414. The number of amides is 2. The molecule has 0 aliphatic carbocycles. The summed E-state index contributed by atoms with van der Waals surface area (Å²) in [7, 11) is 0. The molecule has 0 unspecified atom stereocenters. The Morgan fingerprint density at radius 3 is 2.44 bits per heavy atom. The van der Waals surface area contributed by atoms with Crippen LogP contribution in [-0.2, 0) is 17.8 Å². The number of hydrogen-bond acceptors (Lipinski definition) is 6. The van der Waals surface area contributed by atoms with Crippen molar-refractivity contribution in [3.63, 3.8) is 0 Å². The van der Waals surface area contributed by atoms with E-state index in [1.54, 1.807) is 38.9 Å². The molecule has 1 fully saturated rings. The highest BCUT2D eigenvalue weighted by Crippen LogP contribution is 2.12. The van der Waals surface area contributed by atoms with E-state index in [-0.39, 0.29) is 18.0 Å². The summed E-state index contributed by atoms with van der Waals surface area (Å²) in [6, 6.07) is 8.98. The van der Waals surface area contributed by atoms with Crippen molar-refractivity contribution in [3.8, 4) is 0 Å². The molecule has 0 radical (unpaired) electrons. The average Bonchev–Trinajstić information content (AvgIpc) is 2.83. The van der Waals surface area contributed by atoms with Gasteiger partial charge in [0.25, 0.3) is 11.5 Å². The maximum Gasteiger partial charge on any atom is 0.283 e. The molecule has 3 aromatic heterocycles. The fourth-order valence-corrected chi connectivity index (χ4v) is 3.82. The minimum absolute atomic E-state index is 0.0207. The van der Waals surface area contributed by atoms with Gasteiger partial charge in [0.1, 0.15) is 5.52 Å². The number of fused-ring (bicyclic) bond motifs is 1. The molecule has 4 rings (SSSR count). The lowest BCUT2D eigenvalue weighted by Crippen LogP contribution is -2.52. The zero-order valence-corrected chi connectivity index (χ0v) is 18.1. The van der Waals surface area contributed by atoms with Crippen LogP contribution in [0, 0.1) is 0 Å². The SMILES string of the molecule is CCCCn1c(=O)c(C(=O)N2CCN(C(=O)Cc3ccccn3)CC2)nc2cccnc21. The van der Waals surface area contributed by atoms with Crippen LogP contribution in [0.15, 0.2) is 47.5 Å². The molecule has 0 saturated carbocycles. The molecule has 1 saturated heterocycles. The lowest BCUT2D eigenvalue weighted by atomic mass is 10.2. The van der Waals surface area contributed by atoms with Crippen molar-refractivity contribution in [1.29, 1.82) is 0 Å². The van der Waals surface area contributed by atoms with Gasteiger partial charge in [-0.1, -0.05) is 19.4 Å². The third-order valence-corrected chi connectivity index (χ3v) is 5.62. The Bertz CT molecular complexity index is 1170. The molecular formula is C23H26N6O3. The van der Waals surface area contributed by atoms with Crippen LogP contribution in [0.2, 0.25) is 0 Å². The van der Waals surface area contributed by atoms with Crippen LogP contribution < -0.4 is 5.56 Å². The van der Waals surface area contributed by atoms with Crippen LogP contribution in [0.4, 0.5) is 0 Å². The first-order valence-electron chi connectivity index (χ1n) is 10.9. The van der Waals surface area contributed by atoms with E-state index in [0.29, 0.717) is 43.9 Å². The highest BCUT2D eigenvalue weighted by Gasteiger charge is 2.28. The average molecular weight is 435 g/mol. The number of unbranched alkanes of at least 4 members (excludes halogenated alkanes) is 1. The molecule has 166 valence electrons. The number of carbonyl (C=O) groups is 2. The van der Waals surface area contributed by atoms with Crippen LogP contribution in [-0.4, -0.2) is 67.3 Å². The van der Waals surface area contributed by atoms with Gasteiger partial charge >= 0.3 is 0 Å². The van der Waals surface area contributed by atoms with Gasteiger partial charge in [0, 0.05) is 50.8 Å². The summed E-state index contributed by atoms with van der Waals surface area (Å²) < 4.78 is 1.55. The smallest absolute Gasteiger partial charge is 0.283 e. The number of piperazine rings is 1. The number of rotatable bonds is 6. The number of pyridine rings is 2. The first kappa shape index (κ1) is 21.6. The summed E-state index contributed by atoms with van der Waals surface area (Å²) in [6.07, 6.45) is 5.24. The number of aryl methyl sites for hydroxylation is 1. The van der Waals surface area contributed by atoms with Crippen molar-refractivity contribution < 1.29 is 9.59 Å². The van der Waals surface area contributed by atoms with Crippen molar-refractivity contribution in [2.75, 3.05) is 26.2 Å². The van der Waals surface area contributed by atoms with Crippen molar-refractivity contribution in [3.05, 3.63) is 64.5 Å². The van der Waals surface area contributed by atoms with Gasteiger partial charge in [-0.15, -0.1) is 0 Å². The Labute approximate surface area is 185 Å². The lowest BCUT2D eigenvalue weighted by molar-refractivity contribution is -0.132. The standard InChI is InChI=1S/C23H26N6O3/c1-2-3-11-29-21-18(8-6-10-25-21)26-20(23(29)32)22(31)28-14-12-27(13-15-28)19(30)16-17-7-4-5-9-24-17/h4-10H,2-3,11-16H2,1H3. The lowest BCUT2D eigenvalue weighted by Gasteiger charge is -2.34. The second-order valence-electron chi connectivity index (χ2n) is 7.79. The predicted octanol–water partition coefficient (Wildman–Crippen LogP) is 1.51. The highest BCUT2D eigenvalue weighted by atomic mass is 16.2. The fourth-order valence-electron chi connectivity index (χ4n) is 3.82. The normalized spacial score (nSPS) is 14.0. The number of carbonyl (C=O) groups excluding carboxylic acids is 2. The Kier molecular flexibility index (Phi) is 6.53. The van der Waals surface area contributed by atoms with E-state index in [4.69, 9.17) is 0 Å². The molecule has 3 aromatic rings. The van der Waals surface area contributed by atoms with Gasteiger partial charge in [-0.25, -0.2) is 9.97 Å². The maximum absolute atomic E-state index is 13.2. The Hall–Kier alpha value is -3.62. The zero-order valence-electron chi connectivity index (χ0n) is 18.1. The molecule has 0 spiro atoms. The van der Waals surface area contributed by atoms with Crippen molar-refractivity contribution in [1.82, 2.24) is 29.3 Å². The van der Waals surface area contributed by atoms with E-state index in [1.165, 1.54) is 0 Å². The Morgan fingerprint density at radius 2 is 1.72 bits per heavy atom. The van der Waals surface area contributed by atoms with Gasteiger partial charge in [-0.3, -0.25) is 23.9 Å². The van der Waals surface area contributed by atoms with Gasteiger partial charge in [-0.2, -0.15) is 0 Å². The van der Waals surface area contributed by atoms with Gasteiger partial charge in [0.2, 0.25) is 5.91 Å². The summed E-state index contributed by atoms with van der Waals surface area (Å²) >= 11 is 0. The zero-order chi connectivity index (χ0) is 22.5. The van der Waals surface area contributed by atoms with E-state index in [9.17, 15) is 14.4 Å². The van der Waals surface area contributed by atoms with Crippen molar-refractivity contribution in [2.24, 2.45) is 0 Å². The number of nitrogens with zero attached hydrogens (tertiary/aromatic N) is 6. The Balaban J connectivity index is 1.49. The summed E-state index contributed by atoms with van der Waals surface area (Å²) in [4.78, 5) is 55.0. The first-order valence-corrected chi connectivity index (χ1v) is 10.9. The number of aromatic nitrogens is 4. The van der Waals surface area contributed by atoms with Crippen LogP contribution in [0.3, 0.4) is 0 Å². The van der Waals surface area contributed by atoms with E-state index in [2.05, 4.69) is 15.0 Å². The van der Waals surface area contributed by atoms with E-state index >= 15 is 0 Å². The molecule has 4 heterocycles. The van der Waals surface area contributed by atoms with Gasteiger partial charge in [0.15, 0.2) is 11.3 Å². The van der Waals surface area contributed by atoms with Gasteiger partial charge in [-0.05, 0) is 30.7 Å². The molecule has 0 aromatic carbocycles. The summed E-state index contributed by atoms with van der Waals surface area (Å²) in [5.74, 6) is -0.421. The maximum atomic E-state index is 13.2. The van der Waals surface area contributed by atoms with Crippen molar-refractivity contribution >= 4 is 23.0 Å². The molecule has 1 aliphatic heterocycles. The van der Waals surface area contributed by atoms with Crippen LogP contribution in [0.1, 0.15) is 35.9 Å². The molecular weight excluding hydrogens is 408 g/mol. The molecule has 0 bridgehead atoms. The molecule has 1 aliphatic rings. The summed E-state index contributed by atoms with van der Waals surface area (Å²) in [5, 5.41) is 0. The third kappa shape index (κ3) is 4.51. The largest absolute Gasteiger partial charge is 0.339 e. The van der Waals surface area contributed by atoms with E-state index in [1.807, 2.05) is 25.1 Å². The predicted molar refractivity (Wildman–Crippen MR) is 119 cm³/mol. The molecule has 2 amide bonds. The van der Waals surface area contributed by atoms with Crippen LogP contribution in [0.5, 0.6) is 0 Å². The third-order valence-electron chi connectivity index (χ3n) is 5.62. The quantitative estimate of drug-likeness (QED) is 0.583. The second-order valence-corrected chi connectivity index (χ2v) is 7.79. The highest BCUT2D eigenvalue weighted by molar-refractivity contribution is 5.93. The molecule has 9 heteroatoms. The van der Waals surface area contributed by atoms with Gasteiger partial charge in [0.05, 0.1) is 6.42 Å².